The summed E-state index contributed by atoms with van der Waals surface area (Å²) in [6, 6.07) is 4.64. The molecule has 0 aliphatic heterocycles. The predicted molar refractivity (Wildman–Crippen MR) is 89.0 cm³/mol. The number of halogens is 1. The van der Waals surface area contributed by atoms with Crippen LogP contribution in [0.4, 0.5) is 5.69 Å². The van der Waals surface area contributed by atoms with Gasteiger partial charge in [0.15, 0.2) is 11.9 Å². The first kappa shape index (κ1) is 16.8. The molecule has 2 rings (SSSR count). The van der Waals surface area contributed by atoms with Crippen molar-refractivity contribution in [2.75, 3.05) is 5.73 Å². The summed E-state index contributed by atoms with van der Waals surface area (Å²) >= 11 is 5.81. The number of carbonyl (C=O) groups is 1. The zero-order valence-electron chi connectivity index (χ0n) is 12.9. The molecule has 7 nitrogen and oxygen atoms in total. The molecule has 8 heteroatoms. The molecule has 0 saturated carbocycles. The Balaban J connectivity index is 2.14. The molecule has 0 radical (unpaired) electrons. The lowest BCUT2D eigenvalue weighted by molar-refractivity contribution is -0.148. The van der Waals surface area contributed by atoms with E-state index in [9.17, 15) is 4.79 Å². The highest BCUT2D eigenvalue weighted by atomic mass is 35.5. The minimum Gasteiger partial charge on any atom is -0.398 e. The van der Waals surface area contributed by atoms with Gasteiger partial charge in [-0.2, -0.15) is 5.10 Å². The van der Waals surface area contributed by atoms with Crippen LogP contribution in [0.2, 0.25) is 5.02 Å². The summed E-state index contributed by atoms with van der Waals surface area (Å²) in [6.07, 6.45) is 3.47. The minimum absolute atomic E-state index is 0.0801. The van der Waals surface area contributed by atoms with Crippen LogP contribution in [0.3, 0.4) is 0 Å². The van der Waals surface area contributed by atoms with Crippen LogP contribution >= 0.6 is 11.6 Å². The van der Waals surface area contributed by atoms with Crippen LogP contribution in [-0.4, -0.2) is 21.6 Å². The van der Waals surface area contributed by atoms with E-state index in [4.69, 9.17) is 27.9 Å². The largest absolute Gasteiger partial charge is 0.398 e. The van der Waals surface area contributed by atoms with Gasteiger partial charge in [0.2, 0.25) is 0 Å². The summed E-state index contributed by atoms with van der Waals surface area (Å²) in [5, 5.41) is 8.16. The Bertz CT molecular complexity index is 741. The molecule has 0 aliphatic rings. The van der Waals surface area contributed by atoms with Crippen LogP contribution in [0, 0.1) is 6.92 Å². The number of benzene rings is 1. The molecule has 0 saturated heterocycles. The van der Waals surface area contributed by atoms with E-state index in [-0.39, 0.29) is 5.84 Å². The molecule has 0 amide bonds. The molecule has 1 aromatic carbocycles. The molecule has 2 aromatic rings. The van der Waals surface area contributed by atoms with Gasteiger partial charge in [0.05, 0.1) is 11.2 Å². The van der Waals surface area contributed by atoms with Gasteiger partial charge in [-0.3, -0.25) is 4.68 Å². The number of aromatic nitrogens is 2. The van der Waals surface area contributed by atoms with Crippen LogP contribution < -0.4 is 11.5 Å². The van der Waals surface area contributed by atoms with Crippen LogP contribution in [-0.2, 0) is 9.63 Å². The maximum atomic E-state index is 12.2. The molecule has 4 N–H and O–H groups in total. The van der Waals surface area contributed by atoms with E-state index < -0.39 is 12.0 Å². The van der Waals surface area contributed by atoms with Gasteiger partial charge in [0, 0.05) is 17.4 Å². The fourth-order valence-electron chi connectivity index (χ4n) is 2.08. The molecule has 1 aromatic heterocycles. The maximum Gasteiger partial charge on any atom is 0.359 e. The lowest BCUT2D eigenvalue weighted by atomic mass is 10.1. The van der Waals surface area contributed by atoms with Crippen LogP contribution in [0.15, 0.2) is 35.7 Å². The Hall–Kier alpha value is -2.54. The van der Waals surface area contributed by atoms with E-state index in [0.717, 1.165) is 5.56 Å². The predicted octanol–water partition coefficient (Wildman–Crippen LogP) is 2.24. The van der Waals surface area contributed by atoms with Crippen molar-refractivity contribution in [2.24, 2.45) is 10.9 Å². The number of nitrogens with zero attached hydrogens (tertiary/aromatic N) is 3. The average Bonchev–Trinajstić information content (AvgIpc) is 2.94. The number of carbonyl (C=O) groups excluding carboxylic acids is 1. The third-order valence-electron chi connectivity index (χ3n) is 3.43. The minimum atomic E-state index is -0.624. The van der Waals surface area contributed by atoms with E-state index in [1.165, 1.54) is 10.9 Å². The maximum absolute atomic E-state index is 12.2. The van der Waals surface area contributed by atoms with Crippen LogP contribution in [0.25, 0.3) is 0 Å². The van der Waals surface area contributed by atoms with Crippen LogP contribution in [0.1, 0.15) is 30.5 Å². The summed E-state index contributed by atoms with van der Waals surface area (Å²) in [7, 11) is 0. The van der Waals surface area contributed by atoms with Crippen LogP contribution in [0.5, 0.6) is 0 Å². The summed E-state index contributed by atoms with van der Waals surface area (Å²) < 4.78 is 1.43. The Morgan fingerprint density at radius 3 is 2.87 bits per heavy atom. The van der Waals surface area contributed by atoms with Gasteiger partial charge >= 0.3 is 5.97 Å². The number of hydrogen-bond donors (Lipinski definition) is 2. The molecular weight excluding hydrogens is 318 g/mol. The molecule has 1 heterocycles. The van der Waals surface area contributed by atoms with Gasteiger partial charge < -0.3 is 16.3 Å². The fourth-order valence-corrected chi connectivity index (χ4v) is 2.23. The van der Waals surface area contributed by atoms with Crippen molar-refractivity contribution < 1.29 is 9.63 Å². The van der Waals surface area contributed by atoms with Gasteiger partial charge in [-0.25, -0.2) is 4.79 Å². The quantitative estimate of drug-likeness (QED) is 0.286. The topological polar surface area (TPSA) is 109 Å². The Morgan fingerprint density at radius 2 is 2.26 bits per heavy atom. The standard InChI is InChI=1S/C15H18ClN5O2/c1-3-13(21-8-10(16)7-19-21)15(22)23-20-14(18)11-5-4-6-12(17)9(11)2/h4-8,13H,3,17H2,1-2H3,(H2,18,20). The number of rotatable bonds is 5. The monoisotopic (exact) mass is 335 g/mol. The van der Waals surface area contributed by atoms with Crippen molar-refractivity contribution in [3.63, 3.8) is 0 Å². The molecule has 0 aliphatic carbocycles. The molecule has 0 bridgehead atoms. The highest BCUT2D eigenvalue weighted by Gasteiger charge is 2.22. The number of amidine groups is 1. The third kappa shape index (κ3) is 3.81. The number of nitrogens with two attached hydrogens (primary N) is 2. The lowest BCUT2D eigenvalue weighted by Crippen LogP contribution is -2.22. The van der Waals surface area contributed by atoms with E-state index in [0.29, 0.717) is 22.7 Å². The zero-order chi connectivity index (χ0) is 17.0. The van der Waals surface area contributed by atoms with E-state index in [1.807, 2.05) is 13.8 Å². The smallest absolute Gasteiger partial charge is 0.359 e. The first-order chi connectivity index (χ1) is 10.9. The number of nitrogen functional groups attached to an aromatic ring is 1. The molecular formula is C15H18ClN5O2. The zero-order valence-corrected chi connectivity index (χ0v) is 13.6. The van der Waals surface area contributed by atoms with E-state index in [2.05, 4.69) is 10.3 Å². The summed E-state index contributed by atoms with van der Waals surface area (Å²) in [5.74, 6) is -0.492. The van der Waals surface area contributed by atoms with Gasteiger partial charge in [-0.15, -0.1) is 0 Å². The number of hydrogen-bond acceptors (Lipinski definition) is 5. The SMILES string of the molecule is CCC(C(=O)O/N=C(\N)c1cccc(N)c1C)n1cc(Cl)cn1. The van der Waals surface area contributed by atoms with Gasteiger partial charge in [0.25, 0.3) is 0 Å². The third-order valence-corrected chi connectivity index (χ3v) is 3.63. The summed E-state index contributed by atoms with van der Waals surface area (Å²) in [6.45, 7) is 3.64. The molecule has 0 fully saturated rings. The highest BCUT2D eigenvalue weighted by Crippen LogP contribution is 2.17. The molecule has 1 atom stereocenters. The molecule has 1 unspecified atom stereocenters. The molecule has 0 spiro atoms. The Morgan fingerprint density at radius 1 is 1.52 bits per heavy atom. The first-order valence-electron chi connectivity index (χ1n) is 7.03. The highest BCUT2D eigenvalue weighted by molar-refractivity contribution is 6.30. The molecule has 122 valence electrons. The normalized spacial score (nSPS) is 12.9. The van der Waals surface area contributed by atoms with Gasteiger partial charge in [0.1, 0.15) is 0 Å². The Labute approximate surface area is 138 Å². The summed E-state index contributed by atoms with van der Waals surface area (Å²) in [5.41, 5.74) is 13.7. The average molecular weight is 336 g/mol. The van der Waals surface area contributed by atoms with E-state index in [1.54, 1.807) is 24.4 Å². The van der Waals surface area contributed by atoms with Gasteiger partial charge in [-0.05, 0) is 25.0 Å². The van der Waals surface area contributed by atoms with E-state index >= 15 is 0 Å². The number of oxime groups is 1. The molecule has 23 heavy (non-hydrogen) atoms. The number of anilines is 1. The Kier molecular flexibility index (Phi) is 5.23. The van der Waals surface area contributed by atoms with Crippen molar-refractivity contribution in [1.29, 1.82) is 0 Å². The second-order valence-corrected chi connectivity index (χ2v) is 5.41. The second kappa shape index (κ2) is 7.15. The summed E-state index contributed by atoms with van der Waals surface area (Å²) in [4.78, 5) is 17.1. The van der Waals surface area contributed by atoms with Crippen molar-refractivity contribution in [1.82, 2.24) is 9.78 Å². The lowest BCUT2D eigenvalue weighted by Gasteiger charge is -2.12. The van der Waals surface area contributed by atoms with Gasteiger partial charge in [-0.1, -0.05) is 35.8 Å². The second-order valence-electron chi connectivity index (χ2n) is 4.97. The first-order valence-corrected chi connectivity index (χ1v) is 7.41. The van der Waals surface area contributed by atoms with Crippen molar-refractivity contribution in [3.05, 3.63) is 46.7 Å². The van der Waals surface area contributed by atoms with Crippen molar-refractivity contribution >= 4 is 29.1 Å². The van der Waals surface area contributed by atoms with Crippen molar-refractivity contribution in [2.45, 2.75) is 26.3 Å². The van der Waals surface area contributed by atoms with Crippen molar-refractivity contribution in [3.8, 4) is 0 Å². The fraction of sp³-hybridized carbons (Fsp3) is 0.267.